The number of hydrogen-bond acceptors (Lipinski definition) is 1. The van der Waals surface area contributed by atoms with Gasteiger partial charge in [-0.2, -0.15) is 0 Å². The quantitative estimate of drug-likeness (QED) is 0.792. The summed E-state index contributed by atoms with van der Waals surface area (Å²) >= 11 is 0. The summed E-state index contributed by atoms with van der Waals surface area (Å²) < 4.78 is 0. The molecular formula is C15H24O. The molecule has 1 aromatic rings. The average molecular weight is 220 g/mol. The molecule has 1 nitrogen and oxygen atoms in total. The Labute approximate surface area is 99.5 Å². The molecule has 1 N–H and O–H groups in total. The standard InChI is InChI=1S/C15H24O/c1-6-14(3,4)15(5,7-2)12-8-10-13(16)11-9-12/h8-11,16H,6-7H2,1-5H3. The lowest BCUT2D eigenvalue weighted by atomic mass is 9.60. The van der Waals surface area contributed by atoms with Crippen molar-refractivity contribution in [2.45, 2.75) is 52.9 Å². The van der Waals surface area contributed by atoms with Crippen molar-refractivity contribution in [3.63, 3.8) is 0 Å². The van der Waals surface area contributed by atoms with Gasteiger partial charge < -0.3 is 5.11 Å². The summed E-state index contributed by atoms with van der Waals surface area (Å²) in [6, 6.07) is 7.68. The van der Waals surface area contributed by atoms with E-state index in [9.17, 15) is 5.11 Å². The maximum absolute atomic E-state index is 9.36. The molecule has 0 spiro atoms. The zero-order valence-electron chi connectivity index (χ0n) is 11.2. The van der Waals surface area contributed by atoms with Gasteiger partial charge >= 0.3 is 0 Å². The second kappa shape index (κ2) is 4.48. The molecule has 1 aromatic carbocycles. The lowest BCUT2D eigenvalue weighted by Crippen LogP contribution is -2.38. The molecule has 1 atom stereocenters. The van der Waals surface area contributed by atoms with Gasteiger partial charge in [-0.15, -0.1) is 0 Å². The zero-order chi connectivity index (χ0) is 12.4. The van der Waals surface area contributed by atoms with Gasteiger partial charge in [-0.3, -0.25) is 0 Å². The van der Waals surface area contributed by atoms with E-state index in [-0.39, 0.29) is 10.8 Å². The molecule has 0 saturated carbocycles. The largest absolute Gasteiger partial charge is 0.508 e. The smallest absolute Gasteiger partial charge is 0.115 e. The van der Waals surface area contributed by atoms with E-state index in [1.807, 2.05) is 0 Å². The van der Waals surface area contributed by atoms with Gasteiger partial charge in [0.1, 0.15) is 5.75 Å². The molecule has 0 heterocycles. The Morgan fingerprint density at radius 3 is 1.81 bits per heavy atom. The van der Waals surface area contributed by atoms with Crippen LogP contribution < -0.4 is 0 Å². The second-order valence-corrected chi connectivity index (χ2v) is 5.47. The molecule has 0 aliphatic heterocycles. The Balaban J connectivity index is 3.19. The molecule has 0 saturated heterocycles. The maximum Gasteiger partial charge on any atom is 0.115 e. The monoisotopic (exact) mass is 220 g/mol. The van der Waals surface area contributed by atoms with Crippen molar-refractivity contribution in [3.05, 3.63) is 29.8 Å². The highest BCUT2D eigenvalue weighted by atomic mass is 16.3. The minimum atomic E-state index is 0.162. The minimum absolute atomic E-state index is 0.162. The third kappa shape index (κ3) is 2.09. The summed E-state index contributed by atoms with van der Waals surface area (Å²) in [5.74, 6) is 0.344. The van der Waals surface area contributed by atoms with Gasteiger partial charge in [-0.1, -0.05) is 53.2 Å². The van der Waals surface area contributed by atoms with Crippen LogP contribution in [0.15, 0.2) is 24.3 Å². The normalized spacial score (nSPS) is 15.8. The van der Waals surface area contributed by atoms with Crippen LogP contribution >= 0.6 is 0 Å². The highest BCUT2D eigenvalue weighted by Gasteiger charge is 2.39. The lowest BCUT2D eigenvalue weighted by Gasteiger charge is -2.44. The summed E-state index contributed by atoms with van der Waals surface area (Å²) in [4.78, 5) is 0. The van der Waals surface area contributed by atoms with Crippen molar-refractivity contribution >= 4 is 0 Å². The van der Waals surface area contributed by atoms with Crippen LogP contribution in [0.4, 0.5) is 0 Å². The molecule has 0 bridgehead atoms. The van der Waals surface area contributed by atoms with Gasteiger partial charge in [0.15, 0.2) is 0 Å². The van der Waals surface area contributed by atoms with Gasteiger partial charge in [0.05, 0.1) is 0 Å². The summed E-state index contributed by atoms with van der Waals surface area (Å²) in [6.07, 6.45) is 2.26. The summed E-state index contributed by atoms with van der Waals surface area (Å²) in [7, 11) is 0. The van der Waals surface area contributed by atoms with Crippen LogP contribution in [0.3, 0.4) is 0 Å². The van der Waals surface area contributed by atoms with Crippen molar-refractivity contribution in [1.29, 1.82) is 0 Å². The van der Waals surface area contributed by atoms with E-state index in [2.05, 4.69) is 46.8 Å². The molecule has 16 heavy (non-hydrogen) atoms. The molecule has 1 unspecified atom stereocenters. The van der Waals surface area contributed by atoms with Gasteiger partial charge in [-0.25, -0.2) is 0 Å². The Bertz CT molecular complexity index is 337. The summed E-state index contributed by atoms with van der Waals surface area (Å²) in [5, 5.41) is 9.36. The molecule has 1 rings (SSSR count). The van der Waals surface area contributed by atoms with E-state index in [1.165, 1.54) is 5.56 Å². The van der Waals surface area contributed by atoms with E-state index < -0.39 is 0 Å². The van der Waals surface area contributed by atoms with E-state index >= 15 is 0 Å². The summed E-state index contributed by atoms with van der Waals surface area (Å²) in [5.41, 5.74) is 1.74. The van der Waals surface area contributed by atoms with Crippen LogP contribution in [0.25, 0.3) is 0 Å². The van der Waals surface area contributed by atoms with Crippen molar-refractivity contribution in [1.82, 2.24) is 0 Å². The van der Waals surface area contributed by atoms with Crippen molar-refractivity contribution in [2.24, 2.45) is 5.41 Å². The third-order valence-corrected chi connectivity index (χ3v) is 4.59. The highest BCUT2D eigenvalue weighted by molar-refractivity contribution is 5.32. The van der Waals surface area contributed by atoms with Gasteiger partial charge in [-0.05, 0) is 34.9 Å². The SMILES string of the molecule is CCC(C)(C)C(C)(CC)c1ccc(O)cc1. The molecule has 90 valence electrons. The van der Waals surface area contributed by atoms with Crippen LogP contribution in [0.2, 0.25) is 0 Å². The number of phenols is 1. The number of phenolic OH excluding ortho intramolecular Hbond substituents is 1. The number of benzene rings is 1. The van der Waals surface area contributed by atoms with E-state index in [4.69, 9.17) is 0 Å². The van der Waals surface area contributed by atoms with E-state index in [1.54, 1.807) is 12.1 Å². The highest BCUT2D eigenvalue weighted by Crippen LogP contribution is 2.46. The van der Waals surface area contributed by atoms with Crippen molar-refractivity contribution in [3.8, 4) is 5.75 Å². The fourth-order valence-corrected chi connectivity index (χ4v) is 2.29. The van der Waals surface area contributed by atoms with Crippen LogP contribution in [0.5, 0.6) is 5.75 Å². The van der Waals surface area contributed by atoms with Crippen LogP contribution in [0, 0.1) is 5.41 Å². The van der Waals surface area contributed by atoms with Crippen LogP contribution in [0.1, 0.15) is 53.0 Å². The predicted octanol–water partition coefficient (Wildman–Crippen LogP) is 4.50. The molecule has 0 aromatic heterocycles. The first-order valence-corrected chi connectivity index (χ1v) is 6.17. The molecule has 0 amide bonds. The van der Waals surface area contributed by atoms with E-state index in [0.717, 1.165) is 12.8 Å². The molecule has 0 aliphatic rings. The van der Waals surface area contributed by atoms with Gasteiger partial charge in [0.2, 0.25) is 0 Å². The average Bonchev–Trinajstić information content (AvgIpc) is 2.28. The third-order valence-electron chi connectivity index (χ3n) is 4.59. The Hall–Kier alpha value is -0.980. The first kappa shape index (κ1) is 13.1. The number of aromatic hydroxyl groups is 1. The first-order chi connectivity index (χ1) is 7.37. The minimum Gasteiger partial charge on any atom is -0.508 e. The fourth-order valence-electron chi connectivity index (χ4n) is 2.29. The molecular weight excluding hydrogens is 196 g/mol. The fraction of sp³-hybridized carbons (Fsp3) is 0.600. The van der Waals surface area contributed by atoms with E-state index in [0.29, 0.717) is 5.75 Å². The molecule has 0 aliphatic carbocycles. The van der Waals surface area contributed by atoms with Gasteiger partial charge in [0.25, 0.3) is 0 Å². The molecule has 1 heteroatoms. The maximum atomic E-state index is 9.36. The zero-order valence-corrected chi connectivity index (χ0v) is 11.2. The predicted molar refractivity (Wildman–Crippen MR) is 69.8 cm³/mol. The molecule has 0 fully saturated rings. The first-order valence-electron chi connectivity index (χ1n) is 6.17. The second-order valence-electron chi connectivity index (χ2n) is 5.47. The molecule has 0 radical (unpaired) electrons. The van der Waals surface area contributed by atoms with Crippen LogP contribution in [-0.2, 0) is 5.41 Å². The Morgan fingerprint density at radius 1 is 0.938 bits per heavy atom. The van der Waals surface area contributed by atoms with Gasteiger partial charge in [0, 0.05) is 0 Å². The topological polar surface area (TPSA) is 20.2 Å². The van der Waals surface area contributed by atoms with Crippen molar-refractivity contribution in [2.75, 3.05) is 0 Å². The number of hydrogen-bond donors (Lipinski definition) is 1. The Kier molecular flexibility index (Phi) is 3.67. The number of rotatable bonds is 4. The Morgan fingerprint density at radius 2 is 1.44 bits per heavy atom. The summed E-state index contributed by atoms with van der Waals surface area (Å²) in [6.45, 7) is 11.5. The van der Waals surface area contributed by atoms with Crippen molar-refractivity contribution < 1.29 is 5.11 Å². The van der Waals surface area contributed by atoms with Crippen LogP contribution in [-0.4, -0.2) is 5.11 Å². The lowest BCUT2D eigenvalue weighted by molar-refractivity contribution is 0.163.